The van der Waals surface area contributed by atoms with Crippen LogP contribution in [0.15, 0.2) is 0 Å². The van der Waals surface area contributed by atoms with Crippen LogP contribution in [0.1, 0.15) is 19.3 Å². The molecule has 0 heterocycles. The largest absolute Gasteiger partial charge is 0.309 e. The van der Waals surface area contributed by atoms with Crippen LogP contribution in [-0.4, -0.2) is 36.7 Å². The molecule has 2 nitrogen and oxygen atoms in total. The molecule has 1 saturated carbocycles. The minimum atomic E-state index is 0.199. The standard InChI is InChI=1S/C9H16ClNO/c1-11(2)6-7-5-8(12)3-4-9(7)10/h7,9H,3-6H2,1-2H3. The van der Waals surface area contributed by atoms with E-state index in [0.717, 1.165) is 13.0 Å². The highest BCUT2D eigenvalue weighted by Gasteiger charge is 2.27. The SMILES string of the molecule is CN(C)CC1CC(=O)CCC1Cl. The third kappa shape index (κ3) is 2.76. The van der Waals surface area contributed by atoms with Gasteiger partial charge in [-0.3, -0.25) is 4.79 Å². The van der Waals surface area contributed by atoms with Crippen molar-refractivity contribution in [3.05, 3.63) is 0 Å². The van der Waals surface area contributed by atoms with Gasteiger partial charge in [0.05, 0.1) is 0 Å². The first-order chi connectivity index (χ1) is 5.59. The van der Waals surface area contributed by atoms with Gasteiger partial charge in [0, 0.05) is 24.8 Å². The summed E-state index contributed by atoms with van der Waals surface area (Å²) < 4.78 is 0. The molecule has 1 aliphatic rings. The Labute approximate surface area is 78.9 Å². The number of alkyl halides is 1. The summed E-state index contributed by atoms with van der Waals surface area (Å²) in [5.41, 5.74) is 0. The number of carbonyl (C=O) groups excluding carboxylic acids is 1. The maximum absolute atomic E-state index is 11.1. The maximum Gasteiger partial charge on any atom is 0.133 e. The van der Waals surface area contributed by atoms with E-state index in [9.17, 15) is 4.79 Å². The van der Waals surface area contributed by atoms with Gasteiger partial charge in [0.2, 0.25) is 0 Å². The average molecular weight is 190 g/mol. The molecular weight excluding hydrogens is 174 g/mol. The number of carbonyl (C=O) groups is 1. The fraction of sp³-hybridized carbons (Fsp3) is 0.889. The molecule has 2 unspecified atom stereocenters. The number of hydrogen-bond donors (Lipinski definition) is 0. The Bertz CT molecular complexity index is 170. The van der Waals surface area contributed by atoms with Gasteiger partial charge in [-0.1, -0.05) is 0 Å². The fourth-order valence-electron chi connectivity index (χ4n) is 1.70. The lowest BCUT2D eigenvalue weighted by molar-refractivity contribution is -0.121. The second-order valence-electron chi connectivity index (χ2n) is 3.82. The molecule has 0 spiro atoms. The van der Waals surface area contributed by atoms with Crippen LogP contribution in [0.5, 0.6) is 0 Å². The highest BCUT2D eigenvalue weighted by atomic mass is 35.5. The first-order valence-electron chi connectivity index (χ1n) is 4.40. The first-order valence-corrected chi connectivity index (χ1v) is 4.83. The van der Waals surface area contributed by atoms with Gasteiger partial charge in [-0.15, -0.1) is 11.6 Å². The van der Waals surface area contributed by atoms with Gasteiger partial charge in [-0.05, 0) is 26.4 Å². The number of hydrogen-bond acceptors (Lipinski definition) is 2. The lowest BCUT2D eigenvalue weighted by atomic mass is 9.87. The minimum Gasteiger partial charge on any atom is -0.309 e. The fourth-order valence-corrected chi connectivity index (χ4v) is 1.98. The molecule has 1 rings (SSSR count). The summed E-state index contributed by atoms with van der Waals surface area (Å²) in [7, 11) is 4.03. The van der Waals surface area contributed by atoms with Gasteiger partial charge in [-0.25, -0.2) is 0 Å². The van der Waals surface area contributed by atoms with Crippen molar-refractivity contribution in [2.24, 2.45) is 5.92 Å². The molecular formula is C9H16ClNO. The Balaban J connectivity index is 2.43. The molecule has 2 atom stereocenters. The molecule has 1 aliphatic carbocycles. The Morgan fingerprint density at radius 3 is 2.83 bits per heavy atom. The number of ketones is 1. The summed E-state index contributed by atoms with van der Waals surface area (Å²) in [6.07, 6.45) is 2.21. The van der Waals surface area contributed by atoms with Crippen LogP contribution in [0, 0.1) is 5.92 Å². The predicted molar refractivity (Wildman–Crippen MR) is 50.5 cm³/mol. The number of halogens is 1. The van der Waals surface area contributed by atoms with Crippen LogP contribution in [0.3, 0.4) is 0 Å². The Hall–Kier alpha value is -0.0800. The Kier molecular flexibility index (Phi) is 3.53. The van der Waals surface area contributed by atoms with Crippen molar-refractivity contribution in [3.8, 4) is 0 Å². The van der Waals surface area contributed by atoms with Crippen molar-refractivity contribution in [1.29, 1.82) is 0 Å². The van der Waals surface area contributed by atoms with Crippen molar-refractivity contribution < 1.29 is 4.79 Å². The van der Waals surface area contributed by atoms with E-state index < -0.39 is 0 Å². The van der Waals surface area contributed by atoms with Crippen molar-refractivity contribution >= 4 is 17.4 Å². The Morgan fingerprint density at radius 2 is 2.25 bits per heavy atom. The highest BCUT2D eigenvalue weighted by Crippen LogP contribution is 2.26. The molecule has 12 heavy (non-hydrogen) atoms. The zero-order valence-electron chi connectivity index (χ0n) is 7.72. The van der Waals surface area contributed by atoms with Crippen LogP contribution in [0.2, 0.25) is 0 Å². The first kappa shape index (κ1) is 10.0. The van der Waals surface area contributed by atoms with Crippen LogP contribution in [-0.2, 0) is 4.79 Å². The quantitative estimate of drug-likeness (QED) is 0.614. The summed E-state index contributed by atoms with van der Waals surface area (Å²) >= 11 is 6.11. The van der Waals surface area contributed by atoms with Gasteiger partial charge in [-0.2, -0.15) is 0 Å². The molecule has 0 N–H and O–H groups in total. The molecule has 0 radical (unpaired) electrons. The molecule has 0 amide bonds. The van der Waals surface area contributed by atoms with Crippen molar-refractivity contribution in [2.45, 2.75) is 24.6 Å². The molecule has 3 heteroatoms. The van der Waals surface area contributed by atoms with E-state index in [1.807, 2.05) is 14.1 Å². The van der Waals surface area contributed by atoms with E-state index >= 15 is 0 Å². The van der Waals surface area contributed by atoms with Crippen LogP contribution in [0.25, 0.3) is 0 Å². The molecule has 70 valence electrons. The van der Waals surface area contributed by atoms with Crippen LogP contribution in [0.4, 0.5) is 0 Å². The summed E-state index contributed by atoms with van der Waals surface area (Å²) in [6, 6.07) is 0. The summed E-state index contributed by atoms with van der Waals surface area (Å²) in [6.45, 7) is 0.930. The Morgan fingerprint density at radius 1 is 1.58 bits per heavy atom. The number of nitrogens with zero attached hydrogens (tertiary/aromatic N) is 1. The van der Waals surface area contributed by atoms with Crippen LogP contribution >= 0.6 is 11.6 Å². The lowest BCUT2D eigenvalue weighted by Gasteiger charge is -2.28. The average Bonchev–Trinajstić information content (AvgIpc) is 1.96. The molecule has 0 aromatic rings. The van der Waals surface area contributed by atoms with E-state index in [4.69, 9.17) is 11.6 Å². The maximum atomic E-state index is 11.1. The second-order valence-corrected chi connectivity index (χ2v) is 4.38. The summed E-state index contributed by atoms with van der Waals surface area (Å²) in [5.74, 6) is 0.738. The zero-order chi connectivity index (χ0) is 9.14. The monoisotopic (exact) mass is 189 g/mol. The van der Waals surface area contributed by atoms with E-state index in [0.29, 0.717) is 24.5 Å². The molecule has 0 aliphatic heterocycles. The normalized spacial score (nSPS) is 31.2. The molecule has 1 fully saturated rings. The predicted octanol–water partition coefficient (Wildman–Crippen LogP) is 1.52. The second kappa shape index (κ2) is 4.24. The number of Topliss-reactive ketones (excluding diaryl/α,β-unsaturated/α-hetero) is 1. The number of rotatable bonds is 2. The molecule has 0 aromatic heterocycles. The third-order valence-electron chi connectivity index (χ3n) is 2.30. The van der Waals surface area contributed by atoms with Gasteiger partial charge >= 0.3 is 0 Å². The van der Waals surface area contributed by atoms with E-state index in [1.165, 1.54) is 0 Å². The van der Waals surface area contributed by atoms with Crippen molar-refractivity contribution in [3.63, 3.8) is 0 Å². The van der Waals surface area contributed by atoms with Gasteiger partial charge in [0.1, 0.15) is 5.78 Å². The van der Waals surface area contributed by atoms with Crippen molar-refractivity contribution in [2.75, 3.05) is 20.6 Å². The van der Waals surface area contributed by atoms with E-state index in [1.54, 1.807) is 0 Å². The zero-order valence-corrected chi connectivity index (χ0v) is 8.47. The van der Waals surface area contributed by atoms with Gasteiger partial charge in [0.25, 0.3) is 0 Å². The smallest absolute Gasteiger partial charge is 0.133 e. The molecule has 0 aromatic carbocycles. The topological polar surface area (TPSA) is 20.3 Å². The van der Waals surface area contributed by atoms with Crippen molar-refractivity contribution in [1.82, 2.24) is 4.90 Å². The molecule has 0 bridgehead atoms. The van der Waals surface area contributed by atoms with E-state index in [2.05, 4.69) is 4.90 Å². The highest BCUT2D eigenvalue weighted by molar-refractivity contribution is 6.21. The van der Waals surface area contributed by atoms with Gasteiger partial charge in [0.15, 0.2) is 0 Å². The third-order valence-corrected chi connectivity index (χ3v) is 2.87. The molecule has 0 saturated heterocycles. The summed E-state index contributed by atoms with van der Waals surface area (Å²) in [5, 5.41) is 0.199. The lowest BCUT2D eigenvalue weighted by Crippen LogP contribution is -2.33. The van der Waals surface area contributed by atoms with Crippen LogP contribution < -0.4 is 0 Å². The van der Waals surface area contributed by atoms with E-state index in [-0.39, 0.29) is 5.38 Å². The summed E-state index contributed by atoms with van der Waals surface area (Å²) in [4.78, 5) is 13.2. The van der Waals surface area contributed by atoms with Gasteiger partial charge < -0.3 is 4.90 Å². The minimum absolute atomic E-state index is 0.199.